The van der Waals surface area contributed by atoms with Crippen LogP contribution < -0.4 is 0 Å². The summed E-state index contributed by atoms with van der Waals surface area (Å²) in [6.45, 7) is 2.02. The molecule has 3 aliphatic carbocycles. The molecule has 0 heterocycles. The van der Waals surface area contributed by atoms with E-state index in [0.29, 0.717) is 22.6 Å². The lowest BCUT2D eigenvalue weighted by molar-refractivity contribution is 0.185. The van der Waals surface area contributed by atoms with Gasteiger partial charge in [0.2, 0.25) is 0 Å². The minimum atomic E-state index is -0.968. The van der Waals surface area contributed by atoms with E-state index in [4.69, 9.17) is 0 Å². The molecule has 2 fully saturated rings. The zero-order valence-corrected chi connectivity index (χ0v) is 21.5. The molecule has 0 unspecified atom stereocenters. The monoisotopic (exact) mass is 506 g/mol. The second kappa shape index (κ2) is 9.93. The van der Waals surface area contributed by atoms with Crippen molar-refractivity contribution >= 4 is 0 Å². The van der Waals surface area contributed by atoms with Gasteiger partial charge in [0, 0.05) is 22.3 Å². The molecule has 3 aromatic carbocycles. The highest BCUT2D eigenvalue weighted by Crippen LogP contribution is 2.54. The van der Waals surface area contributed by atoms with E-state index in [1.54, 1.807) is 30.3 Å². The highest BCUT2D eigenvalue weighted by atomic mass is 19.2. The van der Waals surface area contributed by atoms with Gasteiger partial charge in [-0.2, -0.15) is 0 Å². The first-order valence-electron chi connectivity index (χ1n) is 14.1. The van der Waals surface area contributed by atoms with Gasteiger partial charge >= 0.3 is 0 Å². The van der Waals surface area contributed by atoms with Crippen LogP contribution in [0.2, 0.25) is 0 Å². The van der Waals surface area contributed by atoms with Crippen LogP contribution in [0.25, 0.3) is 33.4 Å². The molecule has 3 aliphatic rings. The van der Waals surface area contributed by atoms with Gasteiger partial charge in [0.1, 0.15) is 11.6 Å². The predicted octanol–water partition coefficient (Wildman–Crippen LogP) is 10.4. The number of aryl methyl sites for hydroxylation is 1. The molecular formula is C33H34F4. The maximum absolute atomic E-state index is 15.6. The van der Waals surface area contributed by atoms with E-state index in [-0.39, 0.29) is 28.2 Å². The first-order chi connectivity index (χ1) is 18.0. The summed E-state index contributed by atoms with van der Waals surface area (Å²) in [6, 6.07) is 9.84. The van der Waals surface area contributed by atoms with Crippen LogP contribution in [0.4, 0.5) is 17.6 Å². The number of rotatable bonds is 5. The largest absolute Gasteiger partial charge is 0.206 e. The summed E-state index contributed by atoms with van der Waals surface area (Å²) in [6.07, 6.45) is 12.2. The van der Waals surface area contributed by atoms with Crippen molar-refractivity contribution in [1.82, 2.24) is 0 Å². The molecule has 0 N–H and O–H groups in total. The van der Waals surface area contributed by atoms with Crippen LogP contribution in [0, 0.1) is 35.1 Å². The summed E-state index contributed by atoms with van der Waals surface area (Å²) in [5.41, 5.74) is 2.72. The van der Waals surface area contributed by atoms with Crippen molar-refractivity contribution in [3.05, 3.63) is 70.8 Å². The summed E-state index contributed by atoms with van der Waals surface area (Å²) in [7, 11) is 0. The average Bonchev–Trinajstić information content (AvgIpc) is 2.90. The summed E-state index contributed by atoms with van der Waals surface area (Å²) in [4.78, 5) is 0. The molecule has 194 valence electrons. The second-order valence-corrected chi connectivity index (χ2v) is 11.4. The van der Waals surface area contributed by atoms with Gasteiger partial charge in [0.25, 0.3) is 0 Å². The van der Waals surface area contributed by atoms with Gasteiger partial charge in [-0.05, 0) is 84.2 Å². The predicted molar refractivity (Wildman–Crippen MR) is 141 cm³/mol. The molecule has 2 saturated carbocycles. The Morgan fingerprint density at radius 2 is 1.27 bits per heavy atom. The Kier molecular flexibility index (Phi) is 6.63. The Hall–Kier alpha value is -2.62. The van der Waals surface area contributed by atoms with E-state index < -0.39 is 23.3 Å². The van der Waals surface area contributed by atoms with Crippen LogP contribution in [-0.2, 0) is 6.42 Å². The van der Waals surface area contributed by atoms with Gasteiger partial charge in [-0.1, -0.05) is 69.7 Å². The molecule has 0 nitrogen and oxygen atoms in total. The SMILES string of the molecule is CCCc1ccc(-c2ccc3c(c2F)-c2c-3cc(C3CCC(C4CCCCC4)CC3)c(F)c2F)c(F)c1. The maximum atomic E-state index is 15.6. The topological polar surface area (TPSA) is 0 Å². The fourth-order valence-electron chi connectivity index (χ4n) is 7.32. The Morgan fingerprint density at radius 3 is 1.97 bits per heavy atom. The summed E-state index contributed by atoms with van der Waals surface area (Å²) in [5, 5.41) is 0. The molecule has 37 heavy (non-hydrogen) atoms. The van der Waals surface area contributed by atoms with E-state index in [1.165, 1.54) is 38.2 Å². The lowest BCUT2D eigenvalue weighted by Gasteiger charge is -2.36. The number of hydrogen-bond donors (Lipinski definition) is 0. The summed E-state index contributed by atoms with van der Waals surface area (Å²) < 4.78 is 61.3. The van der Waals surface area contributed by atoms with Gasteiger partial charge in [-0.25, -0.2) is 17.6 Å². The molecule has 4 heteroatoms. The standard InChI is InChI=1S/C33H34F4/c1-2-6-19-9-14-23(28(34)17-19)25-16-15-24-27-18-26(32(36)33(37)30(27)29(24)31(25)35)22-12-10-21(11-13-22)20-7-4-3-5-8-20/h9,14-18,20-22H,2-8,10-13H2,1H3. The van der Waals surface area contributed by atoms with E-state index in [1.807, 2.05) is 6.92 Å². The van der Waals surface area contributed by atoms with Crippen molar-refractivity contribution in [2.45, 2.75) is 83.5 Å². The van der Waals surface area contributed by atoms with Gasteiger partial charge in [-0.15, -0.1) is 0 Å². The van der Waals surface area contributed by atoms with Crippen molar-refractivity contribution in [3.8, 4) is 33.4 Å². The van der Waals surface area contributed by atoms with Crippen molar-refractivity contribution in [3.63, 3.8) is 0 Å². The van der Waals surface area contributed by atoms with Crippen LogP contribution in [0.3, 0.4) is 0 Å². The number of hydrogen-bond acceptors (Lipinski definition) is 0. The van der Waals surface area contributed by atoms with E-state index in [0.717, 1.165) is 50.0 Å². The molecule has 0 bridgehead atoms. The lowest BCUT2D eigenvalue weighted by Crippen LogP contribution is -2.23. The minimum Gasteiger partial charge on any atom is -0.206 e. The first kappa shape index (κ1) is 24.7. The average molecular weight is 507 g/mol. The molecule has 0 radical (unpaired) electrons. The molecule has 0 atom stereocenters. The molecule has 0 aromatic heterocycles. The van der Waals surface area contributed by atoms with Crippen molar-refractivity contribution in [2.75, 3.05) is 0 Å². The minimum absolute atomic E-state index is 0.00328. The third kappa shape index (κ3) is 4.21. The van der Waals surface area contributed by atoms with Gasteiger partial charge in [-0.3, -0.25) is 0 Å². The number of benzene rings is 3. The Morgan fingerprint density at radius 1 is 0.622 bits per heavy atom. The normalized spacial score (nSPS) is 21.3. The van der Waals surface area contributed by atoms with E-state index in [2.05, 4.69) is 0 Å². The third-order valence-corrected chi connectivity index (χ3v) is 9.31. The molecule has 0 amide bonds. The summed E-state index contributed by atoms with van der Waals surface area (Å²) in [5.74, 6) is -1.50. The zero-order chi connectivity index (χ0) is 25.7. The van der Waals surface area contributed by atoms with Crippen LogP contribution in [0.15, 0.2) is 36.4 Å². The highest BCUT2D eigenvalue weighted by molar-refractivity contribution is 6.04. The quantitative estimate of drug-likeness (QED) is 0.236. The van der Waals surface area contributed by atoms with Gasteiger partial charge in [0.05, 0.1) is 0 Å². The zero-order valence-electron chi connectivity index (χ0n) is 21.5. The third-order valence-electron chi connectivity index (χ3n) is 9.31. The molecule has 3 aromatic rings. The maximum Gasteiger partial charge on any atom is 0.167 e. The van der Waals surface area contributed by atoms with Crippen LogP contribution >= 0.6 is 0 Å². The molecule has 0 saturated heterocycles. The molecule has 6 rings (SSSR count). The van der Waals surface area contributed by atoms with Crippen LogP contribution in [-0.4, -0.2) is 0 Å². The lowest BCUT2D eigenvalue weighted by atomic mass is 9.69. The highest BCUT2D eigenvalue weighted by Gasteiger charge is 2.37. The number of fused-ring (bicyclic) bond motifs is 4. The fraction of sp³-hybridized carbons (Fsp3) is 0.455. The summed E-state index contributed by atoms with van der Waals surface area (Å²) >= 11 is 0. The van der Waals surface area contributed by atoms with Gasteiger partial charge < -0.3 is 0 Å². The molecule has 0 aliphatic heterocycles. The van der Waals surface area contributed by atoms with Gasteiger partial charge in [0.15, 0.2) is 11.6 Å². The van der Waals surface area contributed by atoms with E-state index in [9.17, 15) is 4.39 Å². The van der Waals surface area contributed by atoms with Crippen LogP contribution in [0.5, 0.6) is 0 Å². The first-order valence-corrected chi connectivity index (χ1v) is 14.1. The second-order valence-electron chi connectivity index (χ2n) is 11.4. The Bertz CT molecular complexity index is 1330. The number of halogens is 4. The fourth-order valence-corrected chi connectivity index (χ4v) is 7.32. The van der Waals surface area contributed by atoms with Crippen LogP contribution in [0.1, 0.15) is 88.2 Å². The Balaban J connectivity index is 1.27. The smallest absolute Gasteiger partial charge is 0.167 e. The van der Waals surface area contributed by atoms with Crippen molar-refractivity contribution < 1.29 is 17.6 Å². The van der Waals surface area contributed by atoms with Crippen molar-refractivity contribution in [2.24, 2.45) is 11.8 Å². The van der Waals surface area contributed by atoms with Crippen molar-refractivity contribution in [1.29, 1.82) is 0 Å². The molecule has 0 spiro atoms. The Labute approximate surface area is 217 Å². The molecular weight excluding hydrogens is 472 g/mol. The van der Waals surface area contributed by atoms with E-state index >= 15 is 13.2 Å².